The fourth-order valence-electron chi connectivity index (χ4n) is 1.06. The first-order valence-corrected chi connectivity index (χ1v) is 7.68. The topological polar surface area (TPSA) is 103 Å². The van der Waals surface area contributed by atoms with Gasteiger partial charge in [-0.15, -0.1) is 5.48 Å². The summed E-state index contributed by atoms with van der Waals surface area (Å²) in [6.07, 6.45) is -1.40. The van der Waals surface area contributed by atoms with Crippen LogP contribution in [0.3, 0.4) is 0 Å². The van der Waals surface area contributed by atoms with Gasteiger partial charge in [0.2, 0.25) is 3.79 Å². The zero-order valence-electron chi connectivity index (χ0n) is 12.9. The molecular formula is C12H19Cl3N2O6. The molecule has 0 saturated heterocycles. The number of carbonyl (C=O) groups is 3. The number of carbonyl (C=O) groups excluding carboxylic acids is 3. The average Bonchev–Trinajstić information content (AvgIpc) is 2.36. The Hall–Kier alpha value is -1.12. The van der Waals surface area contributed by atoms with Gasteiger partial charge in [-0.2, -0.15) is 0 Å². The third-order valence-electron chi connectivity index (χ3n) is 1.84. The molecule has 0 radical (unpaired) electrons. The van der Waals surface area contributed by atoms with Gasteiger partial charge in [-0.1, -0.05) is 34.8 Å². The molecule has 0 bridgehead atoms. The summed E-state index contributed by atoms with van der Waals surface area (Å²) in [5.41, 5.74) is 1.14. The van der Waals surface area contributed by atoms with E-state index < -0.39 is 34.2 Å². The molecule has 0 aromatic heterocycles. The number of hydrogen-bond donors (Lipinski definition) is 2. The van der Waals surface area contributed by atoms with Gasteiger partial charge in [0.05, 0.1) is 0 Å². The molecule has 0 rings (SSSR count). The summed E-state index contributed by atoms with van der Waals surface area (Å²) in [5.74, 6) is -0.721. The van der Waals surface area contributed by atoms with Crippen LogP contribution in [0.1, 0.15) is 33.6 Å². The van der Waals surface area contributed by atoms with Crippen molar-refractivity contribution in [2.45, 2.75) is 43.0 Å². The number of halogens is 3. The molecule has 0 aromatic carbocycles. The van der Waals surface area contributed by atoms with E-state index in [1.54, 1.807) is 26.3 Å². The molecule has 0 aliphatic rings. The first-order valence-electron chi connectivity index (χ1n) is 6.55. The number of alkyl carbamates (subject to hydrolysis) is 1. The van der Waals surface area contributed by atoms with Gasteiger partial charge in [-0.3, -0.25) is 0 Å². The summed E-state index contributed by atoms with van der Waals surface area (Å²) in [4.78, 5) is 38.1. The molecule has 2 amide bonds. The molecule has 0 aliphatic carbocycles. The molecule has 0 spiro atoms. The van der Waals surface area contributed by atoms with Crippen molar-refractivity contribution in [1.82, 2.24) is 10.8 Å². The maximum Gasteiger partial charge on any atom is 0.440 e. The molecule has 8 nitrogen and oxygen atoms in total. The lowest BCUT2D eigenvalue weighted by Gasteiger charge is -2.19. The van der Waals surface area contributed by atoms with E-state index in [2.05, 4.69) is 14.9 Å². The molecule has 0 fully saturated rings. The summed E-state index contributed by atoms with van der Waals surface area (Å²) in [7, 11) is 0. The fourth-order valence-corrected chi connectivity index (χ4v) is 1.23. The minimum atomic E-state index is -1.76. The van der Waals surface area contributed by atoms with Crippen LogP contribution in [-0.2, 0) is 19.1 Å². The molecule has 11 heteroatoms. The second-order valence-electron chi connectivity index (χ2n) is 5.30. The van der Waals surface area contributed by atoms with Gasteiger partial charge in [0.25, 0.3) is 0 Å². The van der Waals surface area contributed by atoms with Crippen LogP contribution in [0, 0.1) is 0 Å². The normalized spacial score (nSPS) is 11.4. The Morgan fingerprint density at radius 2 is 1.65 bits per heavy atom. The largest absolute Gasteiger partial charge is 0.444 e. The van der Waals surface area contributed by atoms with Gasteiger partial charge in [0, 0.05) is 13.0 Å². The van der Waals surface area contributed by atoms with Crippen LogP contribution in [0.2, 0.25) is 0 Å². The Morgan fingerprint density at radius 1 is 1.04 bits per heavy atom. The molecule has 0 saturated carbocycles. The van der Waals surface area contributed by atoms with Crippen molar-refractivity contribution in [3.8, 4) is 0 Å². The molecule has 0 unspecified atom stereocenters. The average molecular weight is 394 g/mol. The maximum absolute atomic E-state index is 11.3. The number of hydrogen-bond acceptors (Lipinski definition) is 6. The van der Waals surface area contributed by atoms with Gasteiger partial charge in [0.1, 0.15) is 12.2 Å². The standard InChI is InChI=1S/C12H19Cl3N2O6/c1-11(2,3)22-9(19)16-6-4-5-8(18)23-17-10(20)21-7-12(13,14)15/h4-7H2,1-3H3,(H,16,19)(H,17,20). The Kier molecular flexibility index (Phi) is 9.41. The predicted octanol–water partition coefficient (Wildman–Crippen LogP) is 2.85. The van der Waals surface area contributed by atoms with E-state index >= 15 is 0 Å². The number of hydroxylamine groups is 1. The van der Waals surface area contributed by atoms with Crippen LogP contribution in [0.4, 0.5) is 9.59 Å². The zero-order valence-corrected chi connectivity index (χ0v) is 15.2. The fraction of sp³-hybridized carbons (Fsp3) is 0.750. The number of alkyl halides is 3. The van der Waals surface area contributed by atoms with Gasteiger partial charge in [-0.25, -0.2) is 14.4 Å². The second-order valence-corrected chi connectivity index (χ2v) is 7.82. The van der Waals surface area contributed by atoms with E-state index in [9.17, 15) is 14.4 Å². The Morgan fingerprint density at radius 3 is 2.17 bits per heavy atom. The first-order chi connectivity index (χ1) is 10.4. The van der Waals surface area contributed by atoms with E-state index in [4.69, 9.17) is 39.5 Å². The van der Waals surface area contributed by atoms with Crippen LogP contribution < -0.4 is 10.8 Å². The van der Waals surface area contributed by atoms with Crippen molar-refractivity contribution in [1.29, 1.82) is 0 Å². The summed E-state index contributed by atoms with van der Waals surface area (Å²) >= 11 is 16.1. The molecular weight excluding hydrogens is 374 g/mol. The third kappa shape index (κ3) is 15.5. The van der Waals surface area contributed by atoms with Crippen LogP contribution in [-0.4, -0.2) is 40.7 Å². The van der Waals surface area contributed by atoms with Crippen molar-refractivity contribution in [2.75, 3.05) is 13.2 Å². The Balaban J connectivity index is 3.72. The highest BCUT2D eigenvalue weighted by Gasteiger charge is 2.22. The number of ether oxygens (including phenoxy) is 2. The minimum absolute atomic E-state index is 0.0411. The highest BCUT2D eigenvalue weighted by atomic mass is 35.6. The van der Waals surface area contributed by atoms with Gasteiger partial charge in [0.15, 0.2) is 0 Å². The van der Waals surface area contributed by atoms with E-state index in [-0.39, 0.29) is 13.0 Å². The van der Waals surface area contributed by atoms with Crippen LogP contribution in [0.25, 0.3) is 0 Å². The van der Waals surface area contributed by atoms with Gasteiger partial charge < -0.3 is 19.6 Å². The van der Waals surface area contributed by atoms with Gasteiger partial charge in [-0.05, 0) is 27.2 Å². The van der Waals surface area contributed by atoms with Crippen molar-refractivity contribution in [2.24, 2.45) is 0 Å². The van der Waals surface area contributed by atoms with E-state index in [1.165, 1.54) is 0 Å². The minimum Gasteiger partial charge on any atom is -0.444 e. The van der Waals surface area contributed by atoms with Crippen LogP contribution in [0.5, 0.6) is 0 Å². The van der Waals surface area contributed by atoms with Crippen molar-refractivity contribution in [3.05, 3.63) is 0 Å². The zero-order chi connectivity index (χ0) is 18.1. The van der Waals surface area contributed by atoms with Crippen molar-refractivity contribution in [3.63, 3.8) is 0 Å². The SMILES string of the molecule is CC(C)(C)OC(=O)NCCCC(=O)ONC(=O)OCC(Cl)(Cl)Cl. The lowest BCUT2D eigenvalue weighted by molar-refractivity contribution is -0.149. The Bertz CT molecular complexity index is 420. The van der Waals surface area contributed by atoms with Gasteiger partial charge >= 0.3 is 18.2 Å². The number of amides is 2. The summed E-state index contributed by atoms with van der Waals surface area (Å²) in [6.45, 7) is 4.91. The van der Waals surface area contributed by atoms with E-state index in [1.807, 2.05) is 0 Å². The molecule has 0 heterocycles. The predicted molar refractivity (Wildman–Crippen MR) is 84.3 cm³/mol. The van der Waals surface area contributed by atoms with Crippen LogP contribution >= 0.6 is 34.8 Å². The highest BCUT2D eigenvalue weighted by Crippen LogP contribution is 2.25. The summed E-state index contributed by atoms with van der Waals surface area (Å²) in [5, 5.41) is 2.47. The molecule has 23 heavy (non-hydrogen) atoms. The van der Waals surface area contributed by atoms with Crippen molar-refractivity contribution < 1.29 is 28.7 Å². The number of rotatable bonds is 5. The quantitative estimate of drug-likeness (QED) is 0.322. The highest BCUT2D eigenvalue weighted by molar-refractivity contribution is 6.67. The molecule has 0 aromatic rings. The summed E-state index contributed by atoms with van der Waals surface area (Å²) < 4.78 is 7.71. The summed E-state index contributed by atoms with van der Waals surface area (Å²) in [6, 6.07) is 0. The lowest BCUT2D eigenvalue weighted by Crippen LogP contribution is -2.33. The Labute approximate surface area is 149 Å². The molecule has 2 N–H and O–H groups in total. The smallest absolute Gasteiger partial charge is 0.440 e. The lowest BCUT2D eigenvalue weighted by atomic mass is 10.2. The van der Waals surface area contributed by atoms with E-state index in [0.717, 1.165) is 0 Å². The monoisotopic (exact) mass is 392 g/mol. The van der Waals surface area contributed by atoms with Crippen LogP contribution in [0.15, 0.2) is 0 Å². The third-order valence-corrected chi connectivity index (χ3v) is 2.17. The second kappa shape index (κ2) is 9.89. The first kappa shape index (κ1) is 21.9. The van der Waals surface area contributed by atoms with Crippen molar-refractivity contribution >= 4 is 53.0 Å². The molecule has 134 valence electrons. The molecule has 0 aliphatic heterocycles. The maximum atomic E-state index is 11.3. The number of nitrogens with one attached hydrogen (secondary N) is 2. The molecule has 0 atom stereocenters. The van der Waals surface area contributed by atoms with E-state index in [0.29, 0.717) is 6.42 Å².